The number of aliphatic hydroxyl groups is 2. The quantitative estimate of drug-likeness (QED) is 0.747. The summed E-state index contributed by atoms with van der Waals surface area (Å²) in [7, 11) is 1.69. The van der Waals surface area contributed by atoms with Crippen molar-refractivity contribution in [3.63, 3.8) is 0 Å². The van der Waals surface area contributed by atoms with Gasteiger partial charge in [-0.25, -0.2) is 0 Å². The van der Waals surface area contributed by atoms with Crippen LogP contribution in [-0.4, -0.2) is 49.1 Å². The van der Waals surface area contributed by atoms with E-state index in [9.17, 15) is 15.0 Å². The Morgan fingerprint density at radius 3 is 2.83 bits per heavy atom. The molecule has 1 fully saturated rings. The Labute approximate surface area is 134 Å². The third-order valence-corrected chi connectivity index (χ3v) is 4.34. The molecule has 0 bridgehead atoms. The van der Waals surface area contributed by atoms with Gasteiger partial charge in [-0.2, -0.15) is 5.10 Å². The molecule has 4 atom stereocenters. The number of amides is 1. The first-order valence-electron chi connectivity index (χ1n) is 7.55. The fraction of sp³-hybridized carbons (Fsp3) is 0.438. The molecule has 7 nitrogen and oxygen atoms in total. The second-order valence-corrected chi connectivity index (χ2v) is 5.98. The van der Waals surface area contributed by atoms with Crippen LogP contribution in [0.2, 0.25) is 0 Å². The van der Waals surface area contributed by atoms with E-state index < -0.39 is 18.2 Å². The van der Waals surface area contributed by atoms with Gasteiger partial charge in [0.1, 0.15) is 11.8 Å². The second-order valence-electron chi connectivity index (χ2n) is 5.98. The number of aryl methyl sites for hydroxylation is 2. The summed E-state index contributed by atoms with van der Waals surface area (Å²) in [6.45, 7) is 1.81. The maximum Gasteiger partial charge on any atom is 0.269 e. The molecule has 0 saturated heterocycles. The molecule has 0 aromatic carbocycles. The average Bonchev–Trinajstić information content (AvgIpc) is 3.01. The Kier molecular flexibility index (Phi) is 4.14. The van der Waals surface area contributed by atoms with Crippen molar-refractivity contribution in [2.45, 2.75) is 37.5 Å². The largest absolute Gasteiger partial charge is 0.390 e. The van der Waals surface area contributed by atoms with Crippen LogP contribution in [0.3, 0.4) is 0 Å². The molecule has 0 unspecified atom stereocenters. The van der Waals surface area contributed by atoms with Crippen LogP contribution < -0.4 is 5.32 Å². The van der Waals surface area contributed by atoms with Gasteiger partial charge in [-0.1, -0.05) is 6.07 Å². The Morgan fingerprint density at radius 1 is 1.43 bits per heavy atom. The van der Waals surface area contributed by atoms with E-state index in [1.807, 2.05) is 13.0 Å². The van der Waals surface area contributed by atoms with E-state index in [-0.39, 0.29) is 11.8 Å². The molecule has 0 aliphatic heterocycles. The number of aliphatic hydroxyl groups excluding tert-OH is 2. The van der Waals surface area contributed by atoms with Crippen molar-refractivity contribution < 1.29 is 15.0 Å². The molecule has 2 aromatic rings. The topological polar surface area (TPSA) is 100 Å². The summed E-state index contributed by atoms with van der Waals surface area (Å²) in [5.74, 6) is -0.507. The minimum atomic E-state index is -1.02. The van der Waals surface area contributed by atoms with Gasteiger partial charge in [-0.15, -0.1) is 0 Å². The highest BCUT2D eigenvalue weighted by atomic mass is 16.3. The van der Waals surface area contributed by atoms with Crippen molar-refractivity contribution in [2.75, 3.05) is 0 Å². The number of carbonyl (C=O) groups is 1. The maximum atomic E-state index is 12.5. The highest BCUT2D eigenvalue weighted by Gasteiger charge is 2.43. The van der Waals surface area contributed by atoms with Crippen molar-refractivity contribution in [1.82, 2.24) is 20.1 Å². The van der Waals surface area contributed by atoms with E-state index in [0.29, 0.717) is 12.1 Å². The first kappa shape index (κ1) is 15.6. The van der Waals surface area contributed by atoms with Crippen LogP contribution in [0, 0.1) is 6.92 Å². The van der Waals surface area contributed by atoms with Crippen molar-refractivity contribution in [3.05, 3.63) is 47.5 Å². The first-order chi connectivity index (χ1) is 11.0. The summed E-state index contributed by atoms with van der Waals surface area (Å²) in [5.41, 5.74) is 2.05. The summed E-state index contributed by atoms with van der Waals surface area (Å²) >= 11 is 0. The second kappa shape index (κ2) is 6.10. The van der Waals surface area contributed by atoms with Crippen LogP contribution in [0.5, 0.6) is 0 Å². The summed E-state index contributed by atoms with van der Waals surface area (Å²) in [5, 5.41) is 27.2. The molecule has 3 N–H and O–H groups in total. The van der Waals surface area contributed by atoms with E-state index >= 15 is 0 Å². The summed E-state index contributed by atoms with van der Waals surface area (Å²) in [6, 6.07) is 4.80. The van der Waals surface area contributed by atoms with Crippen molar-refractivity contribution in [2.24, 2.45) is 7.05 Å². The van der Waals surface area contributed by atoms with Gasteiger partial charge < -0.3 is 15.5 Å². The fourth-order valence-electron chi connectivity index (χ4n) is 3.20. The smallest absolute Gasteiger partial charge is 0.269 e. The van der Waals surface area contributed by atoms with Crippen molar-refractivity contribution in [3.8, 4) is 0 Å². The van der Waals surface area contributed by atoms with Gasteiger partial charge >= 0.3 is 0 Å². The third-order valence-electron chi connectivity index (χ3n) is 4.34. The molecule has 1 amide bonds. The molecule has 2 heterocycles. The number of aromatic nitrogens is 3. The first-order valence-corrected chi connectivity index (χ1v) is 7.55. The zero-order valence-corrected chi connectivity index (χ0v) is 13.0. The van der Waals surface area contributed by atoms with Crippen LogP contribution >= 0.6 is 0 Å². The van der Waals surface area contributed by atoms with E-state index in [0.717, 1.165) is 11.3 Å². The number of nitrogens with zero attached hydrogens (tertiary/aromatic N) is 3. The fourth-order valence-corrected chi connectivity index (χ4v) is 3.20. The van der Waals surface area contributed by atoms with E-state index in [2.05, 4.69) is 15.4 Å². The monoisotopic (exact) mass is 316 g/mol. The zero-order chi connectivity index (χ0) is 16.6. The molecule has 23 heavy (non-hydrogen) atoms. The number of hydrogen-bond donors (Lipinski definition) is 3. The Morgan fingerprint density at radius 2 is 2.22 bits per heavy atom. The van der Waals surface area contributed by atoms with Gasteiger partial charge in [0.2, 0.25) is 0 Å². The summed E-state index contributed by atoms with van der Waals surface area (Å²) < 4.78 is 1.50. The van der Waals surface area contributed by atoms with Gasteiger partial charge in [-0.05, 0) is 31.0 Å². The highest BCUT2D eigenvalue weighted by Crippen LogP contribution is 2.35. The molecule has 1 aliphatic carbocycles. The highest BCUT2D eigenvalue weighted by molar-refractivity contribution is 5.93. The number of nitrogens with one attached hydrogen (secondary N) is 1. The maximum absolute atomic E-state index is 12.5. The minimum Gasteiger partial charge on any atom is -0.390 e. The third kappa shape index (κ3) is 2.97. The van der Waals surface area contributed by atoms with Gasteiger partial charge in [0.15, 0.2) is 0 Å². The van der Waals surface area contributed by atoms with E-state index in [4.69, 9.17) is 0 Å². The molecule has 0 spiro atoms. The minimum absolute atomic E-state index is 0.188. The van der Waals surface area contributed by atoms with Gasteiger partial charge in [-0.3, -0.25) is 14.5 Å². The van der Waals surface area contributed by atoms with Crippen LogP contribution in [0.1, 0.15) is 34.1 Å². The number of rotatable bonds is 3. The summed E-state index contributed by atoms with van der Waals surface area (Å²) in [4.78, 5) is 16.6. The Hall–Kier alpha value is -2.25. The number of hydrogen-bond acceptors (Lipinski definition) is 5. The molecule has 0 radical (unpaired) electrons. The molecule has 7 heteroatoms. The lowest BCUT2D eigenvalue weighted by atomic mass is 9.95. The lowest BCUT2D eigenvalue weighted by Crippen LogP contribution is -2.45. The normalized spacial score (nSPS) is 27.1. The predicted molar refractivity (Wildman–Crippen MR) is 82.8 cm³/mol. The average molecular weight is 316 g/mol. The van der Waals surface area contributed by atoms with Crippen molar-refractivity contribution >= 4 is 5.91 Å². The standard InChI is InChI=1S/C16H20N4O3/c1-9-6-12(20(2)19-9)16(23)18-14-11(7-13(21)15(14)22)10-4-3-5-17-8-10/h3-6,8,11,13-15,21-22H,7H2,1-2H3,(H,18,23)/t11-,13-,14-,15-/m1/s1. The Bertz CT molecular complexity index is 701. The predicted octanol–water partition coefficient (Wildman–Crippen LogP) is 0.131. The van der Waals surface area contributed by atoms with Gasteiger partial charge in [0, 0.05) is 25.4 Å². The van der Waals surface area contributed by atoms with Gasteiger partial charge in [0.25, 0.3) is 5.91 Å². The molecular weight excluding hydrogens is 296 g/mol. The lowest BCUT2D eigenvalue weighted by molar-refractivity contribution is 0.0293. The zero-order valence-electron chi connectivity index (χ0n) is 13.0. The molecule has 122 valence electrons. The summed E-state index contributed by atoms with van der Waals surface area (Å²) in [6.07, 6.45) is 1.85. The van der Waals surface area contributed by atoms with E-state index in [1.165, 1.54) is 4.68 Å². The van der Waals surface area contributed by atoms with Crippen molar-refractivity contribution in [1.29, 1.82) is 0 Å². The Balaban J connectivity index is 1.84. The molecule has 3 rings (SSSR count). The number of pyridine rings is 1. The molecule has 1 saturated carbocycles. The molecular formula is C16H20N4O3. The SMILES string of the molecule is Cc1cc(C(=O)N[C@H]2[C@H](O)[C@H](O)C[C@@H]2c2cccnc2)n(C)n1. The van der Waals surface area contributed by atoms with E-state index in [1.54, 1.807) is 31.6 Å². The van der Waals surface area contributed by atoms with Crippen LogP contribution in [0.4, 0.5) is 0 Å². The molecule has 1 aliphatic rings. The number of carbonyl (C=O) groups excluding carboxylic acids is 1. The van der Waals surface area contributed by atoms with Gasteiger partial charge in [0.05, 0.1) is 17.8 Å². The lowest BCUT2D eigenvalue weighted by Gasteiger charge is -2.23. The van der Waals surface area contributed by atoms with Crippen LogP contribution in [0.15, 0.2) is 30.6 Å². The van der Waals surface area contributed by atoms with Crippen LogP contribution in [0.25, 0.3) is 0 Å². The van der Waals surface area contributed by atoms with Crippen LogP contribution in [-0.2, 0) is 7.05 Å². The molecule has 2 aromatic heterocycles.